The number of carboxylic acids is 1. The second-order valence-electron chi connectivity index (χ2n) is 4.13. The first-order chi connectivity index (χ1) is 9.69. The molecule has 0 aromatic carbocycles. The van der Waals surface area contributed by atoms with Crippen LogP contribution < -0.4 is 5.32 Å². The van der Waals surface area contributed by atoms with E-state index >= 15 is 0 Å². The molecular formula is C12H15N5O2S. The molecule has 7 nitrogen and oxygen atoms in total. The van der Waals surface area contributed by atoms with Crippen LogP contribution in [0.4, 0.5) is 0 Å². The highest BCUT2D eigenvalue weighted by Gasteiger charge is 2.18. The fraction of sp³-hybridized carbons (Fsp3) is 0.333. The summed E-state index contributed by atoms with van der Waals surface area (Å²) < 4.78 is 0. The Balaban J connectivity index is 1.92. The molecule has 1 atom stereocenters. The average molecular weight is 293 g/mol. The second kappa shape index (κ2) is 7.01. The monoisotopic (exact) mass is 293 g/mol. The van der Waals surface area contributed by atoms with Crippen LogP contribution in [-0.4, -0.2) is 43.3 Å². The molecule has 0 saturated heterocycles. The van der Waals surface area contributed by atoms with Crippen molar-refractivity contribution in [3.05, 3.63) is 36.2 Å². The maximum absolute atomic E-state index is 11.2. The highest BCUT2D eigenvalue weighted by atomic mass is 32.2. The summed E-state index contributed by atoms with van der Waals surface area (Å²) in [6.07, 6.45) is 8.79. The quantitative estimate of drug-likeness (QED) is 0.510. The van der Waals surface area contributed by atoms with E-state index in [4.69, 9.17) is 0 Å². The van der Waals surface area contributed by atoms with Gasteiger partial charge in [0.15, 0.2) is 5.16 Å². The first kappa shape index (κ1) is 14.5. The normalized spacial score (nSPS) is 12.2. The Bertz CT molecular complexity index is 543. The lowest BCUT2D eigenvalue weighted by molar-refractivity contribution is -0.139. The number of carboxylic acid groups (broad SMARTS) is 1. The van der Waals surface area contributed by atoms with Crippen molar-refractivity contribution < 1.29 is 9.90 Å². The average Bonchev–Trinajstić information content (AvgIpc) is 2.96. The number of thioether (sulfide) groups is 1. The molecule has 0 amide bonds. The largest absolute Gasteiger partial charge is 0.480 e. The molecule has 0 bridgehead atoms. The standard InChI is InChI=1S/C12H15N5O2S/c1-20-12-15-4-8(5-16-12)3-14-10(11(18)19)2-9-6-13-7-17-9/h4-7,10,14H,2-3H2,1H3,(H,13,17)(H,18,19)/t10-/m0/s1. The van der Waals surface area contributed by atoms with Crippen LogP contribution in [0.3, 0.4) is 0 Å². The van der Waals surface area contributed by atoms with Crippen LogP contribution in [0.1, 0.15) is 11.3 Å². The lowest BCUT2D eigenvalue weighted by Crippen LogP contribution is -2.38. The number of carbonyl (C=O) groups is 1. The molecule has 0 aliphatic carbocycles. The van der Waals surface area contributed by atoms with Crippen LogP contribution >= 0.6 is 11.8 Å². The van der Waals surface area contributed by atoms with E-state index < -0.39 is 12.0 Å². The lowest BCUT2D eigenvalue weighted by Gasteiger charge is -2.13. The van der Waals surface area contributed by atoms with Gasteiger partial charge in [-0.25, -0.2) is 15.0 Å². The van der Waals surface area contributed by atoms with Gasteiger partial charge >= 0.3 is 5.97 Å². The zero-order valence-corrected chi connectivity index (χ0v) is 11.7. The van der Waals surface area contributed by atoms with Gasteiger partial charge in [0.1, 0.15) is 6.04 Å². The SMILES string of the molecule is CSc1ncc(CN[C@@H](Cc2cnc[nH]2)C(=O)O)cn1. The number of aromatic nitrogens is 4. The predicted molar refractivity (Wildman–Crippen MR) is 74.4 cm³/mol. The Labute approximate surface area is 120 Å². The molecule has 2 heterocycles. The van der Waals surface area contributed by atoms with Gasteiger partial charge in [0.05, 0.1) is 6.33 Å². The van der Waals surface area contributed by atoms with Crippen LogP contribution in [0.25, 0.3) is 0 Å². The summed E-state index contributed by atoms with van der Waals surface area (Å²) in [7, 11) is 0. The molecule has 20 heavy (non-hydrogen) atoms. The van der Waals surface area contributed by atoms with Gasteiger partial charge in [-0.05, 0) is 6.26 Å². The molecule has 8 heteroatoms. The molecule has 0 unspecified atom stereocenters. The molecule has 0 saturated carbocycles. The summed E-state index contributed by atoms with van der Waals surface area (Å²) in [5.74, 6) is -0.902. The van der Waals surface area contributed by atoms with Gasteiger partial charge in [0, 0.05) is 42.8 Å². The van der Waals surface area contributed by atoms with Crippen molar-refractivity contribution in [3.8, 4) is 0 Å². The van der Waals surface area contributed by atoms with Gasteiger partial charge < -0.3 is 10.1 Å². The molecule has 0 aliphatic heterocycles. The number of aromatic amines is 1. The summed E-state index contributed by atoms with van der Waals surface area (Å²) >= 11 is 1.46. The topological polar surface area (TPSA) is 104 Å². The highest BCUT2D eigenvalue weighted by Crippen LogP contribution is 2.07. The van der Waals surface area contributed by atoms with Crippen LogP contribution in [0.5, 0.6) is 0 Å². The van der Waals surface area contributed by atoms with Crippen molar-refractivity contribution >= 4 is 17.7 Å². The fourth-order valence-corrected chi connectivity index (χ4v) is 1.96. The lowest BCUT2D eigenvalue weighted by atomic mass is 10.1. The van der Waals surface area contributed by atoms with Gasteiger partial charge in [0.2, 0.25) is 0 Å². The van der Waals surface area contributed by atoms with Crippen molar-refractivity contribution in [1.82, 2.24) is 25.3 Å². The van der Waals surface area contributed by atoms with E-state index in [1.54, 1.807) is 18.6 Å². The molecule has 0 aliphatic rings. The molecule has 0 radical (unpaired) electrons. The van der Waals surface area contributed by atoms with Crippen LogP contribution in [0.15, 0.2) is 30.1 Å². The zero-order chi connectivity index (χ0) is 14.4. The molecular weight excluding hydrogens is 278 g/mol. The van der Waals surface area contributed by atoms with E-state index in [2.05, 4.69) is 25.3 Å². The van der Waals surface area contributed by atoms with Crippen molar-refractivity contribution in [1.29, 1.82) is 0 Å². The van der Waals surface area contributed by atoms with Gasteiger partial charge in [-0.2, -0.15) is 0 Å². The molecule has 2 aromatic rings. The van der Waals surface area contributed by atoms with Gasteiger partial charge in [0.25, 0.3) is 0 Å². The van der Waals surface area contributed by atoms with Gasteiger partial charge in [-0.3, -0.25) is 10.1 Å². The Kier molecular flexibility index (Phi) is 5.08. The Hall–Kier alpha value is -1.93. The molecule has 0 fully saturated rings. The molecule has 3 N–H and O–H groups in total. The number of nitrogens with zero attached hydrogens (tertiary/aromatic N) is 3. The third-order valence-electron chi connectivity index (χ3n) is 2.69. The summed E-state index contributed by atoms with van der Waals surface area (Å²) in [6.45, 7) is 0.403. The van der Waals surface area contributed by atoms with E-state index in [9.17, 15) is 9.90 Å². The third-order valence-corrected chi connectivity index (χ3v) is 3.27. The minimum absolute atomic E-state index is 0.346. The Morgan fingerprint density at radius 3 is 2.75 bits per heavy atom. The second-order valence-corrected chi connectivity index (χ2v) is 4.90. The number of aliphatic carboxylic acids is 1. The summed E-state index contributed by atoms with van der Waals surface area (Å²) in [6, 6.07) is -0.685. The number of hydrogen-bond acceptors (Lipinski definition) is 6. The summed E-state index contributed by atoms with van der Waals surface area (Å²) in [5, 5.41) is 12.9. The number of H-pyrrole nitrogens is 1. The van der Waals surface area contributed by atoms with E-state index in [0.717, 1.165) is 11.3 Å². The molecule has 0 spiro atoms. The van der Waals surface area contributed by atoms with Crippen molar-refractivity contribution in [2.45, 2.75) is 24.2 Å². The molecule has 2 aromatic heterocycles. The Morgan fingerprint density at radius 1 is 1.45 bits per heavy atom. The van der Waals surface area contributed by atoms with E-state index in [-0.39, 0.29) is 0 Å². The minimum Gasteiger partial charge on any atom is -0.480 e. The minimum atomic E-state index is -0.902. The first-order valence-electron chi connectivity index (χ1n) is 5.97. The number of nitrogens with one attached hydrogen (secondary N) is 2. The first-order valence-corrected chi connectivity index (χ1v) is 7.20. The fourth-order valence-electron chi connectivity index (χ4n) is 1.64. The van der Waals surface area contributed by atoms with Gasteiger partial charge in [-0.15, -0.1) is 0 Å². The van der Waals surface area contributed by atoms with Gasteiger partial charge in [-0.1, -0.05) is 11.8 Å². The predicted octanol–water partition coefficient (Wildman–Crippen LogP) is 0.707. The van der Waals surface area contributed by atoms with Crippen LogP contribution in [0, 0.1) is 0 Å². The van der Waals surface area contributed by atoms with Crippen molar-refractivity contribution in [2.75, 3.05) is 6.26 Å². The third kappa shape index (κ3) is 4.04. The maximum atomic E-state index is 11.2. The molecule has 106 valence electrons. The van der Waals surface area contributed by atoms with Crippen LogP contribution in [0.2, 0.25) is 0 Å². The Morgan fingerprint density at radius 2 is 2.20 bits per heavy atom. The number of rotatable bonds is 7. The number of imidazole rings is 1. The summed E-state index contributed by atoms with van der Waals surface area (Å²) in [4.78, 5) is 26.3. The van der Waals surface area contributed by atoms with E-state index in [1.807, 2.05) is 6.26 Å². The van der Waals surface area contributed by atoms with Crippen LogP contribution in [-0.2, 0) is 17.8 Å². The van der Waals surface area contributed by atoms with E-state index in [1.165, 1.54) is 18.1 Å². The molecule has 2 rings (SSSR count). The highest BCUT2D eigenvalue weighted by molar-refractivity contribution is 7.98. The summed E-state index contributed by atoms with van der Waals surface area (Å²) in [5.41, 5.74) is 1.62. The smallest absolute Gasteiger partial charge is 0.321 e. The maximum Gasteiger partial charge on any atom is 0.321 e. The van der Waals surface area contributed by atoms with E-state index in [0.29, 0.717) is 18.1 Å². The zero-order valence-electron chi connectivity index (χ0n) is 10.9. The van der Waals surface area contributed by atoms with Crippen molar-refractivity contribution in [3.63, 3.8) is 0 Å². The van der Waals surface area contributed by atoms with Crippen molar-refractivity contribution in [2.24, 2.45) is 0 Å². The number of hydrogen-bond donors (Lipinski definition) is 3.